The largest absolute Gasteiger partial charge is 0.481 e. The molecule has 1 aliphatic heterocycles. The van der Waals surface area contributed by atoms with Crippen LogP contribution >= 0.6 is 0 Å². The molecule has 2 aliphatic carbocycles. The molecule has 1 spiro atoms. The molecule has 0 aromatic carbocycles. The van der Waals surface area contributed by atoms with Gasteiger partial charge in [-0.3, -0.25) is 4.79 Å². The maximum absolute atomic E-state index is 11.5. The second-order valence-corrected chi connectivity index (χ2v) is 6.32. The summed E-state index contributed by atoms with van der Waals surface area (Å²) in [6, 6.07) is 0.483. The zero-order valence-corrected chi connectivity index (χ0v) is 10.5. The Morgan fingerprint density at radius 1 is 1.24 bits per heavy atom. The van der Waals surface area contributed by atoms with Crippen LogP contribution in [0.1, 0.15) is 51.4 Å². The quantitative estimate of drug-likeness (QED) is 0.792. The third kappa shape index (κ3) is 1.99. The molecule has 3 fully saturated rings. The van der Waals surface area contributed by atoms with E-state index in [4.69, 9.17) is 0 Å². The van der Waals surface area contributed by atoms with Crippen LogP contribution in [0, 0.1) is 17.3 Å². The van der Waals surface area contributed by atoms with E-state index in [1.165, 1.54) is 38.5 Å². The van der Waals surface area contributed by atoms with Gasteiger partial charge < -0.3 is 10.4 Å². The summed E-state index contributed by atoms with van der Waals surface area (Å²) in [5, 5.41) is 13.0. The Bertz CT molecular complexity index is 305. The molecule has 2 atom stereocenters. The highest BCUT2D eigenvalue weighted by Crippen LogP contribution is 2.51. The first-order valence-electron chi connectivity index (χ1n) is 7.18. The van der Waals surface area contributed by atoms with Crippen LogP contribution in [0.2, 0.25) is 0 Å². The molecule has 3 rings (SSSR count). The number of hydrogen-bond acceptors (Lipinski definition) is 2. The normalized spacial score (nSPS) is 36.2. The summed E-state index contributed by atoms with van der Waals surface area (Å²) in [5.41, 5.74) is 0.0900. The van der Waals surface area contributed by atoms with Gasteiger partial charge in [0, 0.05) is 18.0 Å². The summed E-state index contributed by atoms with van der Waals surface area (Å²) in [7, 11) is 0. The Labute approximate surface area is 103 Å². The van der Waals surface area contributed by atoms with Gasteiger partial charge in [-0.15, -0.1) is 0 Å². The van der Waals surface area contributed by atoms with Crippen molar-refractivity contribution in [1.82, 2.24) is 5.32 Å². The predicted molar refractivity (Wildman–Crippen MR) is 65.8 cm³/mol. The molecule has 0 radical (unpaired) electrons. The van der Waals surface area contributed by atoms with Gasteiger partial charge in [-0.1, -0.05) is 32.1 Å². The highest BCUT2D eigenvalue weighted by atomic mass is 16.4. The van der Waals surface area contributed by atoms with Crippen molar-refractivity contribution < 1.29 is 9.90 Å². The van der Waals surface area contributed by atoms with Gasteiger partial charge in [-0.05, 0) is 25.2 Å². The molecule has 0 amide bonds. The average molecular weight is 237 g/mol. The number of rotatable bonds is 3. The minimum atomic E-state index is -0.572. The van der Waals surface area contributed by atoms with Crippen molar-refractivity contribution in [3.8, 4) is 0 Å². The van der Waals surface area contributed by atoms with Gasteiger partial charge >= 0.3 is 5.97 Å². The lowest BCUT2D eigenvalue weighted by Gasteiger charge is -2.41. The standard InChI is InChI=1S/C14H23NO2/c16-13(17)11-9-15-12(8-10-4-5-10)14(11)6-2-1-3-7-14/h10-12,15H,1-9H2,(H,16,17)/t11-,12+/m1/s1. The van der Waals surface area contributed by atoms with E-state index in [0.29, 0.717) is 12.6 Å². The first-order chi connectivity index (χ1) is 8.22. The highest BCUT2D eigenvalue weighted by molar-refractivity contribution is 5.72. The minimum absolute atomic E-state index is 0.0900. The maximum Gasteiger partial charge on any atom is 0.308 e. The lowest BCUT2D eigenvalue weighted by Crippen LogP contribution is -2.43. The van der Waals surface area contributed by atoms with Crippen molar-refractivity contribution >= 4 is 5.97 Å². The van der Waals surface area contributed by atoms with E-state index in [9.17, 15) is 9.90 Å². The fourth-order valence-electron chi connectivity index (χ4n) is 4.15. The van der Waals surface area contributed by atoms with Crippen LogP contribution in [0.25, 0.3) is 0 Å². The van der Waals surface area contributed by atoms with Crippen LogP contribution in [0.4, 0.5) is 0 Å². The molecule has 96 valence electrons. The number of carboxylic acids is 1. The van der Waals surface area contributed by atoms with Gasteiger partial charge in [0.1, 0.15) is 0 Å². The molecule has 0 unspecified atom stereocenters. The number of carbonyl (C=O) groups is 1. The molecule has 1 saturated heterocycles. The molecule has 3 heteroatoms. The Morgan fingerprint density at radius 2 is 1.94 bits per heavy atom. The minimum Gasteiger partial charge on any atom is -0.481 e. The molecule has 2 N–H and O–H groups in total. The van der Waals surface area contributed by atoms with E-state index in [1.807, 2.05) is 0 Å². The predicted octanol–water partition coefficient (Wildman–Crippen LogP) is 2.41. The molecular weight excluding hydrogens is 214 g/mol. The first kappa shape index (κ1) is 11.5. The van der Waals surface area contributed by atoms with Crippen molar-refractivity contribution in [2.24, 2.45) is 17.3 Å². The lowest BCUT2D eigenvalue weighted by molar-refractivity contribution is -0.146. The maximum atomic E-state index is 11.5. The second-order valence-electron chi connectivity index (χ2n) is 6.32. The highest BCUT2D eigenvalue weighted by Gasteiger charge is 2.53. The monoisotopic (exact) mass is 237 g/mol. The summed E-state index contributed by atoms with van der Waals surface area (Å²) in [6.45, 7) is 0.701. The van der Waals surface area contributed by atoms with Gasteiger partial charge in [0.2, 0.25) is 0 Å². The molecule has 2 saturated carbocycles. The Hall–Kier alpha value is -0.570. The smallest absolute Gasteiger partial charge is 0.308 e. The third-order valence-corrected chi connectivity index (χ3v) is 5.30. The van der Waals surface area contributed by atoms with Gasteiger partial charge in [0.15, 0.2) is 0 Å². The lowest BCUT2D eigenvalue weighted by atomic mass is 9.63. The zero-order valence-electron chi connectivity index (χ0n) is 10.5. The van der Waals surface area contributed by atoms with Crippen LogP contribution in [-0.2, 0) is 4.79 Å². The molecule has 1 heterocycles. The molecule has 3 nitrogen and oxygen atoms in total. The summed E-state index contributed by atoms with van der Waals surface area (Å²) >= 11 is 0. The molecule has 0 aromatic rings. The van der Waals surface area contributed by atoms with Crippen molar-refractivity contribution in [2.75, 3.05) is 6.54 Å². The Balaban J connectivity index is 1.80. The summed E-state index contributed by atoms with van der Waals surface area (Å²) in [5.74, 6) is 0.183. The van der Waals surface area contributed by atoms with Crippen LogP contribution in [-0.4, -0.2) is 23.7 Å². The SMILES string of the molecule is O=C(O)[C@H]1CN[C@@H](CC2CC2)C12CCCCC2. The van der Waals surface area contributed by atoms with E-state index < -0.39 is 5.97 Å². The molecular formula is C14H23NO2. The van der Waals surface area contributed by atoms with Gasteiger partial charge in [-0.25, -0.2) is 0 Å². The fraction of sp³-hybridized carbons (Fsp3) is 0.929. The Morgan fingerprint density at radius 3 is 2.53 bits per heavy atom. The van der Waals surface area contributed by atoms with Crippen molar-refractivity contribution in [1.29, 1.82) is 0 Å². The average Bonchev–Trinajstić information content (AvgIpc) is 3.06. The molecule has 0 aromatic heterocycles. The third-order valence-electron chi connectivity index (χ3n) is 5.30. The van der Waals surface area contributed by atoms with E-state index in [0.717, 1.165) is 18.8 Å². The number of carboxylic acid groups (broad SMARTS) is 1. The van der Waals surface area contributed by atoms with Crippen LogP contribution < -0.4 is 5.32 Å². The molecule has 0 bridgehead atoms. The second kappa shape index (κ2) is 4.27. The van der Waals surface area contributed by atoms with Crippen LogP contribution in [0.5, 0.6) is 0 Å². The number of aliphatic carboxylic acids is 1. The molecule has 3 aliphatic rings. The number of hydrogen-bond donors (Lipinski definition) is 2. The van der Waals surface area contributed by atoms with Gasteiger partial charge in [-0.2, -0.15) is 0 Å². The number of nitrogens with one attached hydrogen (secondary N) is 1. The fourth-order valence-corrected chi connectivity index (χ4v) is 4.15. The van der Waals surface area contributed by atoms with Crippen LogP contribution in [0.15, 0.2) is 0 Å². The van der Waals surface area contributed by atoms with E-state index in [1.54, 1.807) is 0 Å². The van der Waals surface area contributed by atoms with Crippen molar-refractivity contribution in [3.05, 3.63) is 0 Å². The topological polar surface area (TPSA) is 49.3 Å². The summed E-state index contributed by atoms with van der Waals surface area (Å²) in [6.07, 6.45) is 9.98. The zero-order chi connectivity index (χ0) is 11.9. The van der Waals surface area contributed by atoms with E-state index >= 15 is 0 Å². The Kier molecular flexibility index (Phi) is 2.89. The van der Waals surface area contributed by atoms with Crippen LogP contribution in [0.3, 0.4) is 0 Å². The van der Waals surface area contributed by atoms with Crippen molar-refractivity contribution in [2.45, 2.75) is 57.4 Å². The summed E-state index contributed by atoms with van der Waals surface area (Å²) in [4.78, 5) is 11.5. The summed E-state index contributed by atoms with van der Waals surface area (Å²) < 4.78 is 0. The van der Waals surface area contributed by atoms with Crippen molar-refractivity contribution in [3.63, 3.8) is 0 Å². The van der Waals surface area contributed by atoms with Gasteiger partial charge in [0.05, 0.1) is 5.92 Å². The molecule has 17 heavy (non-hydrogen) atoms. The van der Waals surface area contributed by atoms with Gasteiger partial charge in [0.25, 0.3) is 0 Å². The van der Waals surface area contributed by atoms with E-state index in [2.05, 4.69) is 5.32 Å². The first-order valence-corrected chi connectivity index (χ1v) is 7.18. The van der Waals surface area contributed by atoms with E-state index in [-0.39, 0.29) is 11.3 Å².